The second kappa shape index (κ2) is 6.15. The minimum atomic E-state index is -0.958. The van der Waals surface area contributed by atoms with Gasteiger partial charge in [-0.15, -0.1) is 0 Å². The first-order valence-electron chi connectivity index (χ1n) is 5.26. The molecule has 0 bridgehead atoms. The van der Waals surface area contributed by atoms with E-state index in [0.29, 0.717) is 12.5 Å². The largest absolute Gasteiger partial charge is 0.323 e. The van der Waals surface area contributed by atoms with E-state index >= 15 is 0 Å². The van der Waals surface area contributed by atoms with Gasteiger partial charge in [-0.25, -0.2) is 14.6 Å². The number of hydrazine groups is 1. The summed E-state index contributed by atoms with van der Waals surface area (Å²) in [5, 5.41) is 2.59. The molecule has 0 amide bonds. The normalized spacial score (nSPS) is 11.8. The number of nitrogens with one attached hydrogen (secondary N) is 2. The first-order chi connectivity index (χ1) is 8.04. The van der Waals surface area contributed by atoms with Crippen molar-refractivity contribution in [1.29, 1.82) is 0 Å². The molecule has 1 aromatic carbocycles. The van der Waals surface area contributed by atoms with E-state index in [0.717, 1.165) is 6.07 Å². The van der Waals surface area contributed by atoms with Gasteiger partial charge < -0.3 is 5.32 Å². The first-order valence-corrected chi connectivity index (χ1v) is 5.26. The average Bonchev–Trinajstić information content (AvgIpc) is 2.29. The van der Waals surface area contributed by atoms with E-state index in [9.17, 15) is 8.78 Å². The summed E-state index contributed by atoms with van der Waals surface area (Å²) in [6, 6.07) is 3.85. The molecule has 0 aliphatic heterocycles. The Kier molecular flexibility index (Phi) is 4.84. The van der Waals surface area contributed by atoms with Crippen LogP contribution in [0.25, 0.3) is 0 Å². The van der Waals surface area contributed by atoms with Gasteiger partial charge in [-0.2, -0.15) is 0 Å². The number of benzene rings is 1. The SMILES string of the molecule is CC(C)CN=C(NN)Nc1cccc(F)c1F. The third-order valence-corrected chi connectivity index (χ3v) is 1.96. The second-order valence-corrected chi connectivity index (χ2v) is 3.95. The molecule has 4 N–H and O–H groups in total. The molecule has 6 heteroatoms. The molecule has 0 aromatic heterocycles. The van der Waals surface area contributed by atoms with Crippen molar-refractivity contribution in [3.63, 3.8) is 0 Å². The van der Waals surface area contributed by atoms with Crippen LogP contribution < -0.4 is 16.6 Å². The summed E-state index contributed by atoms with van der Waals surface area (Å²) in [6.07, 6.45) is 0. The van der Waals surface area contributed by atoms with Crippen molar-refractivity contribution < 1.29 is 8.78 Å². The Bertz CT molecular complexity index is 404. The number of rotatable bonds is 3. The van der Waals surface area contributed by atoms with Gasteiger partial charge in [0.2, 0.25) is 5.96 Å². The third kappa shape index (κ3) is 3.99. The van der Waals surface area contributed by atoms with Crippen LogP contribution in [-0.2, 0) is 0 Å². The fourth-order valence-electron chi connectivity index (χ4n) is 1.12. The molecule has 0 unspecified atom stereocenters. The van der Waals surface area contributed by atoms with E-state index in [4.69, 9.17) is 5.84 Å². The van der Waals surface area contributed by atoms with E-state index in [1.807, 2.05) is 13.8 Å². The van der Waals surface area contributed by atoms with Gasteiger partial charge in [0, 0.05) is 6.54 Å². The van der Waals surface area contributed by atoms with Gasteiger partial charge in [-0.05, 0) is 18.1 Å². The van der Waals surface area contributed by atoms with E-state index in [2.05, 4.69) is 15.7 Å². The number of hydrogen-bond acceptors (Lipinski definition) is 2. The zero-order valence-electron chi connectivity index (χ0n) is 9.80. The van der Waals surface area contributed by atoms with Gasteiger partial charge in [0.25, 0.3) is 0 Å². The van der Waals surface area contributed by atoms with Crippen LogP contribution >= 0.6 is 0 Å². The first kappa shape index (κ1) is 13.4. The molecule has 0 radical (unpaired) electrons. The van der Waals surface area contributed by atoms with Gasteiger partial charge in [0.05, 0.1) is 5.69 Å². The van der Waals surface area contributed by atoms with Crippen LogP contribution in [-0.4, -0.2) is 12.5 Å². The molecular weight excluding hydrogens is 226 g/mol. The Labute approximate surface area is 98.9 Å². The highest BCUT2D eigenvalue weighted by molar-refractivity contribution is 5.93. The van der Waals surface area contributed by atoms with E-state index in [1.165, 1.54) is 12.1 Å². The summed E-state index contributed by atoms with van der Waals surface area (Å²) in [5.41, 5.74) is 2.29. The lowest BCUT2D eigenvalue weighted by atomic mass is 10.2. The van der Waals surface area contributed by atoms with Gasteiger partial charge in [-0.1, -0.05) is 19.9 Å². The zero-order valence-corrected chi connectivity index (χ0v) is 9.80. The molecule has 0 atom stereocenters. The number of nitrogens with two attached hydrogens (primary N) is 1. The van der Waals surface area contributed by atoms with Crippen LogP contribution in [0, 0.1) is 17.6 Å². The minimum Gasteiger partial charge on any atom is -0.323 e. The van der Waals surface area contributed by atoms with Crippen LogP contribution in [0.15, 0.2) is 23.2 Å². The maximum absolute atomic E-state index is 13.3. The zero-order chi connectivity index (χ0) is 12.8. The van der Waals surface area contributed by atoms with Crippen LogP contribution in [0.1, 0.15) is 13.8 Å². The summed E-state index contributed by atoms with van der Waals surface area (Å²) in [4.78, 5) is 4.09. The lowest BCUT2D eigenvalue weighted by molar-refractivity contribution is 0.512. The van der Waals surface area contributed by atoms with E-state index < -0.39 is 11.6 Å². The molecule has 94 valence electrons. The smallest absolute Gasteiger partial charge is 0.210 e. The van der Waals surface area contributed by atoms with Crippen LogP contribution in [0.5, 0.6) is 0 Å². The molecule has 0 saturated heterocycles. The summed E-state index contributed by atoms with van der Waals surface area (Å²) in [7, 11) is 0. The standard InChI is InChI=1S/C11H16F2N4/c1-7(2)6-15-11(17-14)16-9-5-3-4-8(12)10(9)13/h3-5,7H,6,14H2,1-2H3,(H2,15,16,17). The fourth-order valence-corrected chi connectivity index (χ4v) is 1.12. The quantitative estimate of drug-likeness (QED) is 0.328. The number of anilines is 1. The van der Waals surface area contributed by atoms with Crippen molar-refractivity contribution >= 4 is 11.6 Å². The van der Waals surface area contributed by atoms with Gasteiger partial charge in [0.1, 0.15) is 0 Å². The van der Waals surface area contributed by atoms with Crippen LogP contribution in [0.4, 0.5) is 14.5 Å². The second-order valence-electron chi connectivity index (χ2n) is 3.95. The number of hydrogen-bond donors (Lipinski definition) is 3. The highest BCUT2D eigenvalue weighted by Gasteiger charge is 2.08. The lowest BCUT2D eigenvalue weighted by Gasteiger charge is -2.10. The molecule has 0 aliphatic rings. The predicted octanol–water partition coefficient (Wildman–Crippen LogP) is 1.85. The number of aliphatic imine (C=N–C) groups is 1. The maximum atomic E-state index is 13.3. The van der Waals surface area contributed by atoms with Crippen LogP contribution in [0.3, 0.4) is 0 Å². The highest BCUT2D eigenvalue weighted by atomic mass is 19.2. The van der Waals surface area contributed by atoms with Crippen molar-refractivity contribution in [2.24, 2.45) is 16.8 Å². The molecule has 0 spiro atoms. The Morgan fingerprint density at radius 1 is 1.41 bits per heavy atom. The number of nitrogens with zero attached hydrogens (tertiary/aromatic N) is 1. The molecule has 4 nitrogen and oxygen atoms in total. The van der Waals surface area contributed by atoms with Gasteiger partial charge in [0.15, 0.2) is 11.6 Å². The summed E-state index contributed by atoms with van der Waals surface area (Å²) < 4.78 is 26.3. The van der Waals surface area contributed by atoms with Crippen LogP contribution in [0.2, 0.25) is 0 Å². The Balaban J connectivity index is 2.81. The number of guanidine groups is 1. The molecular formula is C11H16F2N4. The molecule has 0 saturated carbocycles. The minimum absolute atomic E-state index is 0.00884. The Morgan fingerprint density at radius 3 is 2.71 bits per heavy atom. The Morgan fingerprint density at radius 2 is 2.12 bits per heavy atom. The predicted molar refractivity (Wildman–Crippen MR) is 64.4 cm³/mol. The summed E-state index contributed by atoms with van der Waals surface area (Å²) in [5.74, 6) is 3.90. The van der Waals surface area contributed by atoms with Gasteiger partial charge >= 0.3 is 0 Å². The van der Waals surface area contributed by atoms with Crippen molar-refractivity contribution in [1.82, 2.24) is 5.43 Å². The maximum Gasteiger partial charge on any atom is 0.210 e. The molecule has 0 aliphatic carbocycles. The average molecular weight is 242 g/mol. The molecule has 1 rings (SSSR count). The molecule has 0 fully saturated rings. The Hall–Kier alpha value is -1.69. The van der Waals surface area contributed by atoms with Crippen molar-refractivity contribution in [2.45, 2.75) is 13.8 Å². The van der Waals surface area contributed by atoms with Crippen molar-refractivity contribution in [2.75, 3.05) is 11.9 Å². The number of halogens is 2. The topological polar surface area (TPSA) is 62.4 Å². The lowest BCUT2D eigenvalue weighted by Crippen LogP contribution is -2.37. The van der Waals surface area contributed by atoms with E-state index in [1.54, 1.807) is 0 Å². The van der Waals surface area contributed by atoms with Crippen molar-refractivity contribution in [3.05, 3.63) is 29.8 Å². The highest BCUT2D eigenvalue weighted by Crippen LogP contribution is 2.16. The fraction of sp³-hybridized carbons (Fsp3) is 0.364. The summed E-state index contributed by atoms with van der Waals surface area (Å²) >= 11 is 0. The monoisotopic (exact) mass is 242 g/mol. The summed E-state index contributed by atoms with van der Waals surface area (Å²) in [6.45, 7) is 4.50. The van der Waals surface area contributed by atoms with Gasteiger partial charge in [-0.3, -0.25) is 10.4 Å². The molecule has 0 heterocycles. The van der Waals surface area contributed by atoms with Crippen molar-refractivity contribution in [3.8, 4) is 0 Å². The molecule has 1 aromatic rings. The third-order valence-electron chi connectivity index (χ3n) is 1.96. The van der Waals surface area contributed by atoms with E-state index in [-0.39, 0.29) is 11.6 Å². The molecule has 17 heavy (non-hydrogen) atoms.